The standard InChI is InChI=1S/C12H13N2S/c1-8-4-11(6-13-8)9-2-3-10-7-14-15-12(10)5-9/h2-3,5,7-8,11H,4,6H2,1H3. The van der Waals surface area contributed by atoms with Crippen molar-refractivity contribution in [1.29, 1.82) is 0 Å². The van der Waals surface area contributed by atoms with Crippen molar-refractivity contribution in [3.63, 3.8) is 0 Å². The molecule has 0 amide bonds. The largest absolute Gasteiger partial charge is 0.238 e. The second-order valence-corrected chi connectivity index (χ2v) is 5.10. The zero-order valence-corrected chi connectivity index (χ0v) is 9.50. The lowest BCUT2D eigenvalue weighted by Gasteiger charge is -2.08. The van der Waals surface area contributed by atoms with Gasteiger partial charge in [0.25, 0.3) is 0 Å². The Kier molecular flexibility index (Phi) is 2.22. The maximum atomic E-state index is 4.55. The molecule has 15 heavy (non-hydrogen) atoms. The summed E-state index contributed by atoms with van der Waals surface area (Å²) in [7, 11) is 0. The fourth-order valence-electron chi connectivity index (χ4n) is 2.24. The molecule has 0 saturated carbocycles. The summed E-state index contributed by atoms with van der Waals surface area (Å²) < 4.78 is 5.50. The van der Waals surface area contributed by atoms with Crippen molar-refractivity contribution >= 4 is 21.6 Å². The highest BCUT2D eigenvalue weighted by molar-refractivity contribution is 7.13. The van der Waals surface area contributed by atoms with Gasteiger partial charge in [-0.3, -0.25) is 0 Å². The van der Waals surface area contributed by atoms with Gasteiger partial charge in [0.1, 0.15) is 0 Å². The summed E-state index contributed by atoms with van der Waals surface area (Å²) in [5, 5.41) is 5.81. The minimum atomic E-state index is 0.534. The lowest BCUT2D eigenvalue weighted by molar-refractivity contribution is 0.648. The van der Waals surface area contributed by atoms with Crippen LogP contribution in [0.5, 0.6) is 0 Å². The molecule has 0 N–H and O–H groups in total. The molecule has 1 aromatic carbocycles. The second kappa shape index (κ2) is 3.58. The zero-order chi connectivity index (χ0) is 10.3. The topological polar surface area (TPSA) is 27.0 Å². The van der Waals surface area contributed by atoms with Crippen molar-refractivity contribution in [1.82, 2.24) is 9.69 Å². The van der Waals surface area contributed by atoms with E-state index in [2.05, 4.69) is 34.8 Å². The summed E-state index contributed by atoms with van der Waals surface area (Å²) in [6.45, 7) is 3.19. The fraction of sp³-hybridized carbons (Fsp3) is 0.417. The molecule has 3 heteroatoms. The molecule has 77 valence electrons. The van der Waals surface area contributed by atoms with Crippen LogP contribution in [0.15, 0.2) is 24.4 Å². The van der Waals surface area contributed by atoms with Crippen LogP contribution in [-0.4, -0.2) is 17.0 Å². The van der Waals surface area contributed by atoms with Crippen molar-refractivity contribution in [3.8, 4) is 0 Å². The average molecular weight is 217 g/mol. The normalized spacial score (nSPS) is 26.2. The van der Waals surface area contributed by atoms with Crippen molar-refractivity contribution in [2.45, 2.75) is 25.3 Å². The maximum Gasteiger partial charge on any atom is 0.0552 e. The highest BCUT2D eigenvalue weighted by Crippen LogP contribution is 2.29. The first kappa shape index (κ1) is 9.31. The Morgan fingerprint density at radius 3 is 3.13 bits per heavy atom. The van der Waals surface area contributed by atoms with E-state index in [1.807, 2.05) is 6.20 Å². The Labute approximate surface area is 93.5 Å². The number of fused-ring (bicyclic) bond motifs is 1. The van der Waals surface area contributed by atoms with Crippen LogP contribution in [0.1, 0.15) is 24.8 Å². The summed E-state index contributed by atoms with van der Waals surface area (Å²) in [6, 6.07) is 7.23. The lowest BCUT2D eigenvalue weighted by Crippen LogP contribution is -2.07. The number of aromatic nitrogens is 1. The molecular weight excluding hydrogens is 204 g/mol. The van der Waals surface area contributed by atoms with E-state index in [4.69, 9.17) is 0 Å². The van der Waals surface area contributed by atoms with Crippen LogP contribution < -0.4 is 5.32 Å². The molecule has 2 heterocycles. The van der Waals surface area contributed by atoms with Crippen LogP contribution in [0, 0.1) is 0 Å². The van der Waals surface area contributed by atoms with Crippen molar-refractivity contribution < 1.29 is 0 Å². The van der Waals surface area contributed by atoms with Gasteiger partial charge in [0.05, 0.1) is 4.70 Å². The second-order valence-electron chi connectivity index (χ2n) is 4.27. The third kappa shape index (κ3) is 1.66. The molecule has 2 atom stereocenters. The predicted octanol–water partition coefficient (Wildman–Crippen LogP) is 2.78. The predicted molar refractivity (Wildman–Crippen MR) is 63.4 cm³/mol. The Balaban J connectivity index is 1.97. The molecule has 1 aromatic heterocycles. The SMILES string of the molecule is CC1CC(c2ccc3cnsc3c2)C[N]1. The molecule has 1 saturated heterocycles. The van der Waals surface area contributed by atoms with E-state index < -0.39 is 0 Å². The van der Waals surface area contributed by atoms with Crippen LogP contribution in [0.25, 0.3) is 10.1 Å². The first-order valence-electron chi connectivity index (χ1n) is 5.34. The van der Waals surface area contributed by atoms with E-state index in [1.54, 1.807) is 11.5 Å². The van der Waals surface area contributed by atoms with Crippen LogP contribution in [-0.2, 0) is 0 Å². The van der Waals surface area contributed by atoms with Gasteiger partial charge >= 0.3 is 0 Å². The molecule has 0 aliphatic carbocycles. The monoisotopic (exact) mass is 217 g/mol. The van der Waals surface area contributed by atoms with E-state index >= 15 is 0 Å². The van der Waals surface area contributed by atoms with Gasteiger partial charge in [0, 0.05) is 24.2 Å². The Hall–Kier alpha value is -0.930. The summed E-state index contributed by atoms with van der Waals surface area (Å²) in [4.78, 5) is 0. The highest BCUT2D eigenvalue weighted by Gasteiger charge is 2.23. The number of hydrogen-bond acceptors (Lipinski definition) is 2. The van der Waals surface area contributed by atoms with Crippen molar-refractivity contribution in [2.75, 3.05) is 6.54 Å². The van der Waals surface area contributed by atoms with Crippen molar-refractivity contribution in [2.24, 2.45) is 0 Å². The smallest absolute Gasteiger partial charge is 0.0552 e. The fourth-order valence-corrected chi connectivity index (χ4v) is 2.93. The third-order valence-electron chi connectivity index (χ3n) is 3.11. The summed E-state index contributed by atoms with van der Waals surface area (Å²) in [5.41, 5.74) is 1.43. The molecule has 1 radical (unpaired) electrons. The molecular formula is C12H13N2S. The van der Waals surface area contributed by atoms with Crippen LogP contribution in [0.3, 0.4) is 0 Å². The van der Waals surface area contributed by atoms with Crippen LogP contribution >= 0.6 is 11.5 Å². The third-order valence-corrected chi connectivity index (χ3v) is 3.88. The Bertz CT molecular complexity index is 477. The summed E-state index contributed by atoms with van der Waals surface area (Å²) >= 11 is 1.58. The minimum absolute atomic E-state index is 0.534. The molecule has 2 nitrogen and oxygen atoms in total. The minimum Gasteiger partial charge on any atom is -0.238 e. The first-order valence-corrected chi connectivity index (χ1v) is 6.11. The molecule has 1 aliphatic heterocycles. The number of hydrogen-bond donors (Lipinski definition) is 0. The molecule has 2 unspecified atom stereocenters. The molecule has 1 fully saturated rings. The average Bonchev–Trinajstić information content (AvgIpc) is 2.84. The Morgan fingerprint density at radius 2 is 2.33 bits per heavy atom. The number of benzene rings is 1. The molecule has 0 spiro atoms. The van der Waals surface area contributed by atoms with Crippen molar-refractivity contribution in [3.05, 3.63) is 30.0 Å². The Morgan fingerprint density at radius 1 is 1.40 bits per heavy atom. The zero-order valence-electron chi connectivity index (χ0n) is 8.68. The van der Waals surface area contributed by atoms with Gasteiger partial charge in [-0.1, -0.05) is 12.1 Å². The summed E-state index contributed by atoms with van der Waals surface area (Å²) in [6.07, 6.45) is 3.13. The van der Waals surface area contributed by atoms with Gasteiger partial charge in [0.15, 0.2) is 0 Å². The van der Waals surface area contributed by atoms with E-state index in [9.17, 15) is 0 Å². The van der Waals surface area contributed by atoms with Gasteiger partial charge in [-0.05, 0) is 42.4 Å². The van der Waals surface area contributed by atoms with Gasteiger partial charge in [-0.15, -0.1) is 0 Å². The van der Waals surface area contributed by atoms with Crippen LogP contribution in [0.2, 0.25) is 0 Å². The summed E-state index contributed by atoms with van der Waals surface area (Å²) in [5.74, 6) is 0.631. The number of rotatable bonds is 1. The lowest BCUT2D eigenvalue weighted by atomic mass is 9.96. The van der Waals surface area contributed by atoms with Crippen LogP contribution in [0.4, 0.5) is 0 Å². The van der Waals surface area contributed by atoms with Gasteiger partial charge < -0.3 is 0 Å². The maximum absolute atomic E-state index is 4.55. The quantitative estimate of drug-likeness (QED) is 0.721. The molecule has 2 aromatic rings. The van der Waals surface area contributed by atoms with Gasteiger partial charge in [0.2, 0.25) is 0 Å². The van der Waals surface area contributed by atoms with E-state index in [1.165, 1.54) is 22.1 Å². The highest BCUT2D eigenvalue weighted by atomic mass is 32.1. The molecule has 0 bridgehead atoms. The van der Waals surface area contributed by atoms with Gasteiger partial charge in [-0.2, -0.15) is 4.37 Å². The molecule has 1 aliphatic rings. The van der Waals surface area contributed by atoms with E-state index in [-0.39, 0.29) is 0 Å². The van der Waals surface area contributed by atoms with E-state index in [0.717, 1.165) is 6.54 Å². The van der Waals surface area contributed by atoms with E-state index in [0.29, 0.717) is 12.0 Å². The first-order chi connectivity index (χ1) is 7.33. The van der Waals surface area contributed by atoms with Gasteiger partial charge in [-0.25, -0.2) is 5.32 Å². The molecule has 3 rings (SSSR count). The number of nitrogens with zero attached hydrogens (tertiary/aromatic N) is 2.